The summed E-state index contributed by atoms with van der Waals surface area (Å²) in [5.74, 6) is 2.53. The van der Waals surface area contributed by atoms with Crippen LogP contribution in [0.15, 0.2) is 18.2 Å². The van der Waals surface area contributed by atoms with Crippen LogP contribution in [0, 0.1) is 0 Å². The van der Waals surface area contributed by atoms with Gasteiger partial charge in [-0.15, -0.1) is 0 Å². The van der Waals surface area contributed by atoms with E-state index in [1.807, 2.05) is 19.2 Å². The highest BCUT2D eigenvalue weighted by molar-refractivity contribution is 5.85. The number of hydrogen-bond acceptors (Lipinski definition) is 4. The van der Waals surface area contributed by atoms with Gasteiger partial charge in [0.25, 0.3) is 0 Å². The molecule has 4 heteroatoms. The molecule has 0 saturated heterocycles. The first kappa shape index (κ1) is 14.0. The maximum atomic E-state index is 5.77. The third kappa shape index (κ3) is 2.62. The molecule has 0 amide bonds. The van der Waals surface area contributed by atoms with Crippen LogP contribution in [0.2, 0.25) is 0 Å². The molecule has 1 aliphatic rings. The number of anilines is 1. The Hall–Kier alpha value is -1.97. The molecule has 1 N–H and O–H groups in total. The van der Waals surface area contributed by atoms with Crippen molar-refractivity contribution in [3.63, 3.8) is 0 Å². The van der Waals surface area contributed by atoms with Crippen molar-refractivity contribution in [3.8, 4) is 11.5 Å². The minimum absolute atomic E-state index is 0.0314. The zero-order valence-electron chi connectivity index (χ0n) is 13.1. The van der Waals surface area contributed by atoms with Gasteiger partial charge in [0.1, 0.15) is 5.82 Å². The van der Waals surface area contributed by atoms with Crippen molar-refractivity contribution in [1.82, 2.24) is 4.98 Å². The van der Waals surface area contributed by atoms with E-state index < -0.39 is 0 Å². The largest absolute Gasteiger partial charge is 0.490 e. The number of benzene rings is 1. The lowest BCUT2D eigenvalue weighted by molar-refractivity contribution is 0.297. The van der Waals surface area contributed by atoms with E-state index in [0.717, 1.165) is 34.6 Å². The summed E-state index contributed by atoms with van der Waals surface area (Å²) >= 11 is 0. The predicted octanol–water partition coefficient (Wildman–Crippen LogP) is 3.74. The van der Waals surface area contributed by atoms with Crippen LogP contribution in [-0.4, -0.2) is 25.2 Å². The molecule has 0 fully saturated rings. The Morgan fingerprint density at radius 2 is 1.71 bits per heavy atom. The van der Waals surface area contributed by atoms with Gasteiger partial charge in [0.05, 0.1) is 18.7 Å². The second kappa shape index (κ2) is 5.10. The van der Waals surface area contributed by atoms with Crippen LogP contribution in [0.5, 0.6) is 11.5 Å². The molecule has 4 nitrogen and oxygen atoms in total. The molecule has 0 spiro atoms. The topological polar surface area (TPSA) is 43.4 Å². The minimum atomic E-state index is 0.0314. The summed E-state index contributed by atoms with van der Waals surface area (Å²) in [6, 6.07) is 6.21. The van der Waals surface area contributed by atoms with Gasteiger partial charge < -0.3 is 14.8 Å². The highest BCUT2D eigenvalue weighted by Crippen LogP contribution is 2.37. The molecule has 21 heavy (non-hydrogen) atoms. The number of fused-ring (bicyclic) bond motifs is 2. The summed E-state index contributed by atoms with van der Waals surface area (Å²) in [5, 5.41) is 4.29. The molecule has 0 aliphatic carbocycles. The molecule has 1 aromatic carbocycles. The summed E-state index contributed by atoms with van der Waals surface area (Å²) in [6.07, 6.45) is 0.910. The fourth-order valence-corrected chi connectivity index (χ4v) is 2.59. The third-order valence-corrected chi connectivity index (χ3v) is 3.73. The number of nitrogens with one attached hydrogen (secondary N) is 1. The lowest BCUT2D eigenvalue weighted by Gasteiger charge is -2.23. The minimum Gasteiger partial charge on any atom is -0.490 e. The summed E-state index contributed by atoms with van der Waals surface area (Å²) in [7, 11) is 1.91. The summed E-state index contributed by atoms with van der Waals surface area (Å²) in [5.41, 5.74) is 2.16. The summed E-state index contributed by atoms with van der Waals surface area (Å²) in [4.78, 5) is 4.75. The molecule has 1 aliphatic heterocycles. The van der Waals surface area contributed by atoms with Gasteiger partial charge in [0.15, 0.2) is 11.5 Å². The van der Waals surface area contributed by atoms with Crippen molar-refractivity contribution < 1.29 is 9.47 Å². The van der Waals surface area contributed by atoms with E-state index in [1.54, 1.807) is 0 Å². The lowest BCUT2D eigenvalue weighted by atomic mass is 9.86. The molecule has 0 atom stereocenters. The fraction of sp³-hybridized carbons (Fsp3) is 0.471. The Bertz CT molecular complexity index is 675. The second-order valence-corrected chi connectivity index (χ2v) is 6.43. The molecule has 0 unspecified atom stereocenters. The number of ether oxygens (including phenoxy) is 2. The van der Waals surface area contributed by atoms with Gasteiger partial charge in [-0.1, -0.05) is 20.8 Å². The Morgan fingerprint density at radius 1 is 1.05 bits per heavy atom. The van der Waals surface area contributed by atoms with Gasteiger partial charge in [-0.25, -0.2) is 4.98 Å². The zero-order chi connectivity index (χ0) is 15.0. The summed E-state index contributed by atoms with van der Waals surface area (Å²) in [6.45, 7) is 7.98. The van der Waals surface area contributed by atoms with Crippen LogP contribution in [0.1, 0.15) is 32.8 Å². The van der Waals surface area contributed by atoms with E-state index in [0.29, 0.717) is 13.2 Å². The van der Waals surface area contributed by atoms with Gasteiger partial charge in [0, 0.05) is 30.5 Å². The van der Waals surface area contributed by atoms with Crippen molar-refractivity contribution in [2.75, 3.05) is 25.6 Å². The van der Waals surface area contributed by atoms with E-state index in [-0.39, 0.29) is 5.41 Å². The maximum absolute atomic E-state index is 5.77. The SMILES string of the molecule is CNc1nc2cc3c(cc2cc1C(C)(C)C)OCCCO3. The highest BCUT2D eigenvalue weighted by Gasteiger charge is 2.21. The smallest absolute Gasteiger partial charge is 0.163 e. The fourth-order valence-electron chi connectivity index (χ4n) is 2.59. The average molecular weight is 286 g/mol. The first-order valence-electron chi connectivity index (χ1n) is 7.41. The molecular weight excluding hydrogens is 264 g/mol. The quantitative estimate of drug-likeness (QED) is 0.867. The van der Waals surface area contributed by atoms with Crippen LogP contribution >= 0.6 is 0 Å². The molecule has 1 aromatic heterocycles. The zero-order valence-corrected chi connectivity index (χ0v) is 13.1. The van der Waals surface area contributed by atoms with Crippen molar-refractivity contribution >= 4 is 16.7 Å². The second-order valence-electron chi connectivity index (χ2n) is 6.43. The van der Waals surface area contributed by atoms with E-state index in [2.05, 4.69) is 32.2 Å². The van der Waals surface area contributed by atoms with Crippen molar-refractivity contribution in [3.05, 3.63) is 23.8 Å². The Balaban J connectivity index is 2.21. The van der Waals surface area contributed by atoms with Gasteiger partial charge in [-0.3, -0.25) is 0 Å². The van der Waals surface area contributed by atoms with E-state index >= 15 is 0 Å². The molecule has 2 heterocycles. The average Bonchev–Trinajstić information content (AvgIpc) is 2.67. The molecule has 3 rings (SSSR count). The highest BCUT2D eigenvalue weighted by atomic mass is 16.5. The Kier molecular flexibility index (Phi) is 3.40. The Labute approximate surface area is 125 Å². The third-order valence-electron chi connectivity index (χ3n) is 3.73. The number of hydrogen-bond donors (Lipinski definition) is 1. The lowest BCUT2D eigenvalue weighted by Crippen LogP contribution is -2.15. The number of rotatable bonds is 1. The maximum Gasteiger partial charge on any atom is 0.163 e. The van der Waals surface area contributed by atoms with Crippen LogP contribution < -0.4 is 14.8 Å². The van der Waals surface area contributed by atoms with E-state index in [1.165, 1.54) is 5.56 Å². The molecule has 0 saturated carbocycles. The van der Waals surface area contributed by atoms with Gasteiger partial charge >= 0.3 is 0 Å². The van der Waals surface area contributed by atoms with Crippen LogP contribution in [-0.2, 0) is 5.41 Å². The number of aromatic nitrogens is 1. The van der Waals surface area contributed by atoms with Crippen molar-refractivity contribution in [2.45, 2.75) is 32.6 Å². The summed E-state index contributed by atoms with van der Waals surface area (Å²) < 4.78 is 11.5. The number of nitrogens with zero attached hydrogens (tertiary/aromatic N) is 1. The van der Waals surface area contributed by atoms with Crippen LogP contribution in [0.4, 0.5) is 5.82 Å². The van der Waals surface area contributed by atoms with Crippen molar-refractivity contribution in [2.24, 2.45) is 0 Å². The first-order valence-corrected chi connectivity index (χ1v) is 7.41. The van der Waals surface area contributed by atoms with Crippen LogP contribution in [0.25, 0.3) is 10.9 Å². The monoisotopic (exact) mass is 286 g/mol. The standard InChI is InChI=1S/C17H22N2O2/c1-17(2,3)12-8-11-9-14-15(21-7-5-6-20-14)10-13(11)19-16(12)18-4/h8-10H,5-7H2,1-4H3,(H,18,19). The molecular formula is C17H22N2O2. The van der Waals surface area contributed by atoms with Crippen molar-refractivity contribution in [1.29, 1.82) is 0 Å². The van der Waals surface area contributed by atoms with E-state index in [9.17, 15) is 0 Å². The van der Waals surface area contributed by atoms with E-state index in [4.69, 9.17) is 14.5 Å². The molecule has 112 valence electrons. The van der Waals surface area contributed by atoms with Gasteiger partial charge in [-0.2, -0.15) is 0 Å². The molecule has 0 bridgehead atoms. The van der Waals surface area contributed by atoms with Gasteiger partial charge in [0.2, 0.25) is 0 Å². The first-order chi connectivity index (χ1) is 9.99. The predicted molar refractivity (Wildman–Crippen MR) is 85.6 cm³/mol. The van der Waals surface area contributed by atoms with Gasteiger partial charge in [-0.05, 0) is 17.5 Å². The Morgan fingerprint density at radius 3 is 2.33 bits per heavy atom. The molecule has 0 radical (unpaired) electrons. The number of pyridine rings is 1. The normalized spacial score (nSPS) is 14.9. The molecule has 2 aromatic rings. The van der Waals surface area contributed by atoms with Crippen LogP contribution in [0.3, 0.4) is 0 Å².